The number of halogens is 1. The zero-order chi connectivity index (χ0) is 20.8. The third kappa shape index (κ3) is 5.47. The van der Waals surface area contributed by atoms with Crippen molar-refractivity contribution in [2.45, 2.75) is 20.4 Å². The molecule has 0 radical (unpaired) electrons. The normalized spacial score (nSPS) is 15.6. The van der Waals surface area contributed by atoms with E-state index in [0.717, 1.165) is 56.6 Å². The second-order valence-electron chi connectivity index (χ2n) is 7.43. The first-order valence-corrected chi connectivity index (χ1v) is 10.1. The van der Waals surface area contributed by atoms with E-state index in [-0.39, 0.29) is 5.82 Å². The van der Waals surface area contributed by atoms with Crippen molar-refractivity contribution in [2.75, 3.05) is 51.2 Å². The zero-order valence-electron chi connectivity index (χ0n) is 17.9. The summed E-state index contributed by atoms with van der Waals surface area (Å²) in [5, 5.41) is 11.2. The van der Waals surface area contributed by atoms with Crippen LogP contribution in [0.4, 0.5) is 10.1 Å². The number of anilines is 1. The molecule has 0 amide bonds. The summed E-state index contributed by atoms with van der Waals surface area (Å²) in [5.74, 6) is 0.618. The molecule has 0 saturated carbocycles. The summed E-state index contributed by atoms with van der Waals surface area (Å²) in [7, 11) is 3.76. The lowest BCUT2D eigenvalue weighted by Crippen LogP contribution is -2.49. The van der Waals surface area contributed by atoms with Gasteiger partial charge in [0.2, 0.25) is 0 Å². The average Bonchev–Trinajstić information content (AvgIpc) is 2.97. The van der Waals surface area contributed by atoms with Crippen molar-refractivity contribution in [1.29, 1.82) is 0 Å². The molecule has 8 heteroatoms. The van der Waals surface area contributed by atoms with Crippen molar-refractivity contribution in [2.24, 2.45) is 12.0 Å². The molecule has 2 aromatic rings. The Bertz CT molecular complexity index is 820. The SMILES string of the molecule is CN=C(NCCN1CCN(c2ccc(F)cc2)CC1)NCc1c(C)nn(C)c1C. The number of hydrogen-bond acceptors (Lipinski definition) is 4. The largest absolute Gasteiger partial charge is 0.369 e. The highest BCUT2D eigenvalue weighted by molar-refractivity contribution is 5.79. The lowest BCUT2D eigenvalue weighted by molar-refractivity contribution is 0.261. The van der Waals surface area contributed by atoms with Gasteiger partial charge >= 0.3 is 0 Å². The van der Waals surface area contributed by atoms with Crippen LogP contribution in [0.3, 0.4) is 0 Å². The topological polar surface area (TPSA) is 60.7 Å². The summed E-state index contributed by atoms with van der Waals surface area (Å²) in [6.45, 7) is 10.5. The number of hydrogen-bond donors (Lipinski definition) is 2. The van der Waals surface area contributed by atoms with Gasteiger partial charge in [-0.3, -0.25) is 14.6 Å². The van der Waals surface area contributed by atoms with Crippen molar-refractivity contribution in [3.8, 4) is 0 Å². The van der Waals surface area contributed by atoms with E-state index >= 15 is 0 Å². The molecule has 3 rings (SSSR count). The first-order chi connectivity index (χ1) is 14.0. The summed E-state index contributed by atoms with van der Waals surface area (Å²) in [4.78, 5) is 9.07. The van der Waals surface area contributed by atoms with Gasteiger partial charge in [0.1, 0.15) is 5.82 Å². The highest BCUT2D eigenvalue weighted by Crippen LogP contribution is 2.16. The second kappa shape index (κ2) is 9.73. The lowest BCUT2D eigenvalue weighted by Gasteiger charge is -2.36. The third-order valence-corrected chi connectivity index (χ3v) is 5.60. The molecule has 1 aliphatic heterocycles. The van der Waals surface area contributed by atoms with Gasteiger partial charge in [-0.25, -0.2) is 4.39 Å². The third-order valence-electron chi connectivity index (χ3n) is 5.60. The Morgan fingerprint density at radius 2 is 1.79 bits per heavy atom. The van der Waals surface area contributed by atoms with E-state index in [1.54, 1.807) is 7.05 Å². The van der Waals surface area contributed by atoms with Crippen LogP contribution in [0.15, 0.2) is 29.3 Å². The van der Waals surface area contributed by atoms with Crippen LogP contribution in [-0.2, 0) is 13.6 Å². The van der Waals surface area contributed by atoms with Crippen LogP contribution in [0.25, 0.3) is 0 Å². The molecule has 0 atom stereocenters. The van der Waals surface area contributed by atoms with Gasteiger partial charge in [-0.1, -0.05) is 0 Å². The monoisotopic (exact) mass is 401 g/mol. The van der Waals surface area contributed by atoms with E-state index < -0.39 is 0 Å². The first kappa shape index (κ1) is 21.1. The number of piperazine rings is 1. The standard InChI is InChI=1S/C21H32FN7/c1-16-20(17(2)27(4)26-16)15-25-21(23-3)24-9-10-28-11-13-29(14-12-28)19-7-5-18(22)6-8-19/h5-8H,9-15H2,1-4H3,(H2,23,24,25). The zero-order valence-corrected chi connectivity index (χ0v) is 17.9. The average molecular weight is 402 g/mol. The molecular weight excluding hydrogens is 369 g/mol. The van der Waals surface area contributed by atoms with Gasteiger partial charge in [-0.2, -0.15) is 5.10 Å². The van der Waals surface area contributed by atoms with Gasteiger partial charge in [0.05, 0.1) is 5.69 Å². The van der Waals surface area contributed by atoms with E-state index in [9.17, 15) is 4.39 Å². The predicted molar refractivity (Wildman–Crippen MR) is 116 cm³/mol. The lowest BCUT2D eigenvalue weighted by atomic mass is 10.2. The number of nitrogens with zero attached hydrogens (tertiary/aromatic N) is 5. The minimum atomic E-state index is -0.186. The molecular formula is C21H32FN7. The van der Waals surface area contributed by atoms with E-state index in [4.69, 9.17) is 0 Å². The molecule has 0 aliphatic carbocycles. The number of benzene rings is 1. The van der Waals surface area contributed by atoms with Gasteiger partial charge in [0, 0.05) is 76.9 Å². The molecule has 2 N–H and O–H groups in total. The molecule has 1 fully saturated rings. The molecule has 2 heterocycles. The van der Waals surface area contributed by atoms with E-state index in [0.29, 0.717) is 6.54 Å². The van der Waals surface area contributed by atoms with Crippen molar-refractivity contribution < 1.29 is 4.39 Å². The summed E-state index contributed by atoms with van der Waals surface area (Å²) in [6.07, 6.45) is 0. The van der Waals surface area contributed by atoms with E-state index in [1.807, 2.05) is 30.8 Å². The maximum absolute atomic E-state index is 13.1. The highest BCUT2D eigenvalue weighted by Gasteiger charge is 2.17. The molecule has 1 aromatic carbocycles. The summed E-state index contributed by atoms with van der Waals surface area (Å²) >= 11 is 0. The van der Waals surface area contributed by atoms with Crippen LogP contribution in [-0.4, -0.2) is 67.0 Å². The highest BCUT2D eigenvalue weighted by atomic mass is 19.1. The Balaban J connectivity index is 1.38. The Kier molecular flexibility index (Phi) is 7.09. The molecule has 0 unspecified atom stereocenters. The molecule has 0 bridgehead atoms. The van der Waals surface area contributed by atoms with Crippen molar-refractivity contribution in [1.82, 2.24) is 25.3 Å². The number of aryl methyl sites for hydroxylation is 2. The number of aromatic nitrogens is 2. The van der Waals surface area contributed by atoms with Gasteiger partial charge < -0.3 is 15.5 Å². The maximum atomic E-state index is 13.1. The van der Waals surface area contributed by atoms with Crippen molar-refractivity contribution in [3.63, 3.8) is 0 Å². The number of guanidine groups is 1. The van der Waals surface area contributed by atoms with Crippen LogP contribution < -0.4 is 15.5 Å². The summed E-state index contributed by atoms with van der Waals surface area (Å²) < 4.78 is 15.0. The van der Waals surface area contributed by atoms with E-state index in [2.05, 4.69) is 37.4 Å². The molecule has 0 spiro atoms. The maximum Gasteiger partial charge on any atom is 0.191 e. The number of aliphatic imine (C=N–C) groups is 1. The van der Waals surface area contributed by atoms with Crippen LogP contribution in [0.2, 0.25) is 0 Å². The van der Waals surface area contributed by atoms with Gasteiger partial charge in [0.15, 0.2) is 5.96 Å². The van der Waals surface area contributed by atoms with Gasteiger partial charge in [-0.15, -0.1) is 0 Å². The van der Waals surface area contributed by atoms with E-state index in [1.165, 1.54) is 23.4 Å². The first-order valence-electron chi connectivity index (χ1n) is 10.1. The van der Waals surface area contributed by atoms with Crippen molar-refractivity contribution in [3.05, 3.63) is 47.0 Å². The smallest absolute Gasteiger partial charge is 0.191 e. The second-order valence-corrected chi connectivity index (χ2v) is 7.43. The van der Waals surface area contributed by atoms with Gasteiger partial charge in [0.25, 0.3) is 0 Å². The minimum Gasteiger partial charge on any atom is -0.369 e. The fourth-order valence-corrected chi connectivity index (χ4v) is 3.68. The quantitative estimate of drug-likeness (QED) is 0.570. The number of rotatable bonds is 6. The van der Waals surface area contributed by atoms with Crippen LogP contribution in [0.5, 0.6) is 0 Å². The van der Waals surface area contributed by atoms with Crippen LogP contribution in [0, 0.1) is 19.7 Å². The number of nitrogens with one attached hydrogen (secondary N) is 2. The minimum absolute atomic E-state index is 0.186. The molecule has 29 heavy (non-hydrogen) atoms. The Morgan fingerprint density at radius 3 is 2.38 bits per heavy atom. The molecule has 1 aliphatic rings. The summed E-state index contributed by atoms with van der Waals surface area (Å²) in [6, 6.07) is 6.76. The molecule has 158 valence electrons. The molecule has 7 nitrogen and oxygen atoms in total. The predicted octanol–water partition coefficient (Wildman–Crippen LogP) is 1.66. The Labute approximate surface area is 172 Å². The van der Waals surface area contributed by atoms with Crippen molar-refractivity contribution >= 4 is 11.6 Å². The fraction of sp³-hybridized carbons (Fsp3) is 0.524. The van der Waals surface area contributed by atoms with Gasteiger partial charge in [-0.05, 0) is 38.1 Å². The van der Waals surface area contributed by atoms with Crippen LogP contribution >= 0.6 is 0 Å². The molecule has 1 aromatic heterocycles. The Morgan fingerprint density at radius 1 is 1.10 bits per heavy atom. The fourth-order valence-electron chi connectivity index (χ4n) is 3.68. The molecule has 1 saturated heterocycles. The summed E-state index contributed by atoms with van der Waals surface area (Å²) in [5.41, 5.74) is 4.53. The van der Waals surface area contributed by atoms with Crippen LogP contribution in [0.1, 0.15) is 17.0 Å². The Hall–Kier alpha value is -2.61.